The first-order valence-electron chi connectivity index (χ1n) is 6.30. The molecule has 0 bridgehead atoms. The summed E-state index contributed by atoms with van der Waals surface area (Å²) in [5.74, 6) is 0. The van der Waals surface area contributed by atoms with Crippen molar-refractivity contribution in [1.82, 2.24) is 0 Å². The van der Waals surface area contributed by atoms with Gasteiger partial charge in [0.05, 0.1) is 12.3 Å². The monoisotopic (exact) mass is 252 g/mol. The summed E-state index contributed by atoms with van der Waals surface area (Å²) in [6.45, 7) is 0.546. The number of benzene rings is 2. The van der Waals surface area contributed by atoms with Crippen LogP contribution in [0, 0.1) is 0 Å². The van der Waals surface area contributed by atoms with Crippen LogP contribution < -0.4 is 11.5 Å². The van der Waals surface area contributed by atoms with Crippen LogP contribution in [0.2, 0.25) is 0 Å². The highest BCUT2D eigenvalue weighted by Crippen LogP contribution is 2.28. The maximum atomic E-state index is 6.33. The van der Waals surface area contributed by atoms with E-state index in [2.05, 4.69) is 0 Å². The van der Waals surface area contributed by atoms with Gasteiger partial charge in [-0.25, -0.2) is 0 Å². The van der Waals surface area contributed by atoms with Gasteiger partial charge in [0.1, 0.15) is 5.58 Å². The molecule has 0 spiro atoms. The number of fused-ring (bicyclic) bond motifs is 1. The molecule has 1 heterocycles. The van der Waals surface area contributed by atoms with Gasteiger partial charge in [0.25, 0.3) is 0 Å². The smallest absolute Gasteiger partial charge is 0.134 e. The number of furan rings is 1. The molecule has 0 aliphatic heterocycles. The molecule has 1 atom stereocenters. The van der Waals surface area contributed by atoms with E-state index in [0.717, 1.165) is 27.7 Å². The van der Waals surface area contributed by atoms with Crippen LogP contribution in [0.15, 0.2) is 59.2 Å². The highest BCUT2D eigenvalue weighted by molar-refractivity contribution is 5.81. The Labute approximate surface area is 111 Å². The van der Waals surface area contributed by atoms with Crippen LogP contribution in [0.5, 0.6) is 0 Å². The maximum Gasteiger partial charge on any atom is 0.134 e. The van der Waals surface area contributed by atoms with Crippen molar-refractivity contribution in [2.24, 2.45) is 11.5 Å². The molecule has 0 radical (unpaired) electrons. The van der Waals surface area contributed by atoms with E-state index in [0.29, 0.717) is 6.54 Å². The number of para-hydroxylation sites is 1. The standard InChI is InChI=1S/C16H16N2O/c17-9-11-5-7-12(8-6-11)16(18)14-10-19-15-4-2-1-3-13(14)15/h1-8,10,16H,9,17-18H2. The van der Waals surface area contributed by atoms with Crippen molar-refractivity contribution in [3.8, 4) is 0 Å². The molecule has 19 heavy (non-hydrogen) atoms. The third-order valence-corrected chi connectivity index (χ3v) is 3.42. The predicted octanol–water partition coefficient (Wildman–Crippen LogP) is 2.94. The van der Waals surface area contributed by atoms with Crippen LogP contribution in [0.1, 0.15) is 22.7 Å². The van der Waals surface area contributed by atoms with Crippen molar-refractivity contribution in [2.45, 2.75) is 12.6 Å². The lowest BCUT2D eigenvalue weighted by atomic mass is 9.98. The molecule has 96 valence electrons. The Hall–Kier alpha value is -2.10. The quantitative estimate of drug-likeness (QED) is 0.753. The topological polar surface area (TPSA) is 65.2 Å². The van der Waals surface area contributed by atoms with Crippen molar-refractivity contribution in [3.05, 3.63) is 71.5 Å². The fourth-order valence-corrected chi connectivity index (χ4v) is 2.28. The SMILES string of the molecule is NCc1ccc(C(N)c2coc3ccccc23)cc1. The van der Waals surface area contributed by atoms with Gasteiger partial charge >= 0.3 is 0 Å². The molecule has 3 nitrogen and oxygen atoms in total. The summed E-state index contributed by atoms with van der Waals surface area (Å²) in [7, 11) is 0. The van der Waals surface area contributed by atoms with E-state index < -0.39 is 0 Å². The molecule has 1 unspecified atom stereocenters. The van der Waals surface area contributed by atoms with Gasteiger partial charge in [-0.1, -0.05) is 42.5 Å². The van der Waals surface area contributed by atoms with Crippen molar-refractivity contribution in [1.29, 1.82) is 0 Å². The van der Waals surface area contributed by atoms with Crippen LogP contribution in [-0.4, -0.2) is 0 Å². The molecule has 3 rings (SSSR count). The summed E-state index contributed by atoms with van der Waals surface area (Å²) in [5, 5.41) is 1.07. The van der Waals surface area contributed by atoms with Crippen LogP contribution in [0.3, 0.4) is 0 Å². The van der Waals surface area contributed by atoms with E-state index >= 15 is 0 Å². The summed E-state index contributed by atoms with van der Waals surface area (Å²) < 4.78 is 5.54. The first-order chi connectivity index (χ1) is 9.29. The molecule has 0 saturated carbocycles. The van der Waals surface area contributed by atoms with Crippen LogP contribution in [0.25, 0.3) is 11.0 Å². The molecule has 0 amide bonds. The molecule has 1 aromatic heterocycles. The summed E-state index contributed by atoms with van der Waals surface area (Å²) in [6.07, 6.45) is 1.74. The second-order valence-corrected chi connectivity index (χ2v) is 4.61. The van der Waals surface area contributed by atoms with Gasteiger partial charge in [0.2, 0.25) is 0 Å². The van der Waals surface area contributed by atoms with E-state index in [1.807, 2.05) is 48.5 Å². The van der Waals surface area contributed by atoms with Gasteiger partial charge in [0.15, 0.2) is 0 Å². The molecular formula is C16H16N2O. The van der Waals surface area contributed by atoms with Gasteiger partial charge < -0.3 is 15.9 Å². The van der Waals surface area contributed by atoms with Gasteiger partial charge in [-0.15, -0.1) is 0 Å². The predicted molar refractivity (Wildman–Crippen MR) is 76.6 cm³/mol. The van der Waals surface area contributed by atoms with E-state index in [-0.39, 0.29) is 6.04 Å². The Kier molecular flexibility index (Phi) is 3.07. The fourth-order valence-electron chi connectivity index (χ4n) is 2.28. The van der Waals surface area contributed by atoms with E-state index in [9.17, 15) is 0 Å². The second-order valence-electron chi connectivity index (χ2n) is 4.61. The lowest BCUT2D eigenvalue weighted by Crippen LogP contribution is -2.11. The number of hydrogen-bond donors (Lipinski definition) is 2. The number of rotatable bonds is 3. The molecule has 0 aliphatic carbocycles. The first kappa shape index (κ1) is 12.0. The first-order valence-corrected chi connectivity index (χ1v) is 6.30. The Morgan fingerprint density at radius 3 is 2.47 bits per heavy atom. The van der Waals surface area contributed by atoms with E-state index in [4.69, 9.17) is 15.9 Å². The van der Waals surface area contributed by atoms with Gasteiger partial charge in [-0.3, -0.25) is 0 Å². The van der Waals surface area contributed by atoms with Gasteiger partial charge in [0, 0.05) is 17.5 Å². The van der Waals surface area contributed by atoms with Gasteiger partial charge in [-0.2, -0.15) is 0 Å². The average Bonchev–Trinajstić information content (AvgIpc) is 2.90. The molecule has 2 aromatic carbocycles. The highest BCUT2D eigenvalue weighted by Gasteiger charge is 2.14. The zero-order chi connectivity index (χ0) is 13.2. The molecule has 0 aliphatic rings. The lowest BCUT2D eigenvalue weighted by Gasteiger charge is -2.11. The summed E-state index contributed by atoms with van der Waals surface area (Å²) in [4.78, 5) is 0. The summed E-state index contributed by atoms with van der Waals surface area (Å²) >= 11 is 0. The number of hydrogen-bond acceptors (Lipinski definition) is 3. The Morgan fingerprint density at radius 2 is 1.74 bits per heavy atom. The molecular weight excluding hydrogens is 236 g/mol. The molecule has 3 aromatic rings. The Bertz CT molecular complexity index is 685. The Balaban J connectivity index is 2.00. The van der Waals surface area contributed by atoms with Gasteiger partial charge in [-0.05, 0) is 17.2 Å². The lowest BCUT2D eigenvalue weighted by molar-refractivity contribution is 0.607. The molecule has 4 N–H and O–H groups in total. The third kappa shape index (κ3) is 2.14. The van der Waals surface area contributed by atoms with Crippen LogP contribution in [0.4, 0.5) is 0 Å². The number of nitrogens with two attached hydrogens (primary N) is 2. The maximum absolute atomic E-state index is 6.33. The average molecular weight is 252 g/mol. The zero-order valence-corrected chi connectivity index (χ0v) is 10.5. The van der Waals surface area contributed by atoms with E-state index in [1.165, 1.54) is 0 Å². The minimum Gasteiger partial charge on any atom is -0.464 e. The van der Waals surface area contributed by atoms with Crippen molar-refractivity contribution in [2.75, 3.05) is 0 Å². The van der Waals surface area contributed by atoms with Crippen molar-refractivity contribution in [3.63, 3.8) is 0 Å². The molecule has 3 heteroatoms. The minimum absolute atomic E-state index is 0.185. The largest absolute Gasteiger partial charge is 0.464 e. The molecule has 0 saturated heterocycles. The summed E-state index contributed by atoms with van der Waals surface area (Å²) in [5.41, 5.74) is 16.0. The van der Waals surface area contributed by atoms with Crippen molar-refractivity contribution >= 4 is 11.0 Å². The minimum atomic E-state index is -0.185. The Morgan fingerprint density at radius 1 is 1.00 bits per heavy atom. The van der Waals surface area contributed by atoms with Crippen LogP contribution in [-0.2, 0) is 6.54 Å². The highest BCUT2D eigenvalue weighted by atomic mass is 16.3. The van der Waals surface area contributed by atoms with Crippen molar-refractivity contribution < 1.29 is 4.42 Å². The third-order valence-electron chi connectivity index (χ3n) is 3.42. The second kappa shape index (κ2) is 4.88. The molecule has 0 fully saturated rings. The zero-order valence-electron chi connectivity index (χ0n) is 10.5. The normalized spacial score (nSPS) is 12.7. The van der Waals surface area contributed by atoms with E-state index in [1.54, 1.807) is 6.26 Å². The van der Waals surface area contributed by atoms with Crippen LogP contribution >= 0.6 is 0 Å². The fraction of sp³-hybridized carbons (Fsp3) is 0.125. The summed E-state index contributed by atoms with van der Waals surface area (Å²) in [6, 6.07) is 15.8.